The zero-order valence-corrected chi connectivity index (χ0v) is 14.4. The number of hydrogen-bond donors (Lipinski definition) is 1. The van der Waals surface area contributed by atoms with Crippen LogP contribution in [0.2, 0.25) is 0 Å². The summed E-state index contributed by atoms with van der Waals surface area (Å²) in [6.45, 7) is -0.801. The number of benzene rings is 1. The SMILES string of the molecule is Fc1ccc(-c2cnc3[nH]ncc3c2-c2cncnc2N2CC(F)(F)C2)cc1. The van der Waals surface area contributed by atoms with Gasteiger partial charge in [-0.05, 0) is 17.7 Å². The quantitative estimate of drug-likeness (QED) is 0.585. The standard InChI is InChI=1S/C19H13F3N6/c20-12-3-1-11(2-4-12)13-6-24-17-14(7-26-27-17)16(13)15-5-23-10-25-18(15)28-8-19(21,22)9-28/h1-7,10H,8-9H2,(H,24,26,27). The van der Waals surface area contributed by atoms with Crippen LogP contribution >= 0.6 is 0 Å². The molecule has 3 aromatic heterocycles. The molecule has 0 bridgehead atoms. The minimum atomic E-state index is -2.73. The number of fused-ring (bicyclic) bond motifs is 1. The van der Waals surface area contributed by atoms with E-state index >= 15 is 0 Å². The maximum atomic E-state index is 13.4. The number of aromatic amines is 1. The van der Waals surface area contributed by atoms with E-state index in [1.165, 1.54) is 23.4 Å². The molecule has 6 nitrogen and oxygen atoms in total. The lowest BCUT2D eigenvalue weighted by Crippen LogP contribution is -2.56. The molecule has 28 heavy (non-hydrogen) atoms. The third kappa shape index (κ3) is 2.67. The highest BCUT2D eigenvalue weighted by Gasteiger charge is 2.45. The van der Waals surface area contributed by atoms with Crippen LogP contribution in [-0.4, -0.2) is 44.2 Å². The molecule has 0 amide bonds. The van der Waals surface area contributed by atoms with Crippen molar-refractivity contribution in [2.24, 2.45) is 0 Å². The first-order valence-electron chi connectivity index (χ1n) is 8.53. The molecule has 0 radical (unpaired) electrons. The molecule has 1 fully saturated rings. The maximum absolute atomic E-state index is 13.4. The van der Waals surface area contributed by atoms with Crippen molar-refractivity contribution in [2.75, 3.05) is 18.0 Å². The monoisotopic (exact) mass is 382 g/mol. The molecule has 4 aromatic rings. The van der Waals surface area contributed by atoms with Gasteiger partial charge >= 0.3 is 0 Å². The number of aromatic nitrogens is 5. The van der Waals surface area contributed by atoms with Crippen molar-refractivity contribution >= 4 is 16.9 Å². The Kier molecular flexibility index (Phi) is 3.58. The predicted octanol–water partition coefficient (Wildman–Crippen LogP) is 3.68. The summed E-state index contributed by atoms with van der Waals surface area (Å²) < 4.78 is 40.3. The van der Waals surface area contributed by atoms with Crippen LogP contribution in [0.5, 0.6) is 0 Å². The molecule has 4 heterocycles. The topological polar surface area (TPSA) is 70.6 Å². The number of nitrogens with zero attached hydrogens (tertiary/aromatic N) is 5. The minimum Gasteiger partial charge on any atom is -0.344 e. The fraction of sp³-hybridized carbons (Fsp3) is 0.158. The van der Waals surface area contributed by atoms with Crippen LogP contribution in [0.4, 0.5) is 19.0 Å². The van der Waals surface area contributed by atoms with Crippen molar-refractivity contribution in [3.05, 3.63) is 55.0 Å². The molecule has 1 aromatic carbocycles. The Labute approximate surface area is 157 Å². The van der Waals surface area contributed by atoms with Gasteiger partial charge in [-0.25, -0.2) is 28.1 Å². The average Bonchev–Trinajstić information content (AvgIpc) is 3.15. The van der Waals surface area contributed by atoms with E-state index in [-0.39, 0.29) is 5.82 Å². The van der Waals surface area contributed by atoms with E-state index in [1.54, 1.807) is 30.7 Å². The summed E-state index contributed by atoms with van der Waals surface area (Å²) >= 11 is 0. The van der Waals surface area contributed by atoms with Crippen LogP contribution < -0.4 is 4.90 Å². The third-order valence-corrected chi connectivity index (χ3v) is 4.74. The number of hydrogen-bond acceptors (Lipinski definition) is 5. The fourth-order valence-corrected chi connectivity index (χ4v) is 3.45. The van der Waals surface area contributed by atoms with Crippen LogP contribution in [0.1, 0.15) is 0 Å². The van der Waals surface area contributed by atoms with E-state index in [1.807, 2.05) is 0 Å². The molecule has 0 saturated carbocycles. The van der Waals surface area contributed by atoms with Crippen LogP contribution in [0, 0.1) is 5.82 Å². The number of anilines is 1. The zero-order valence-electron chi connectivity index (χ0n) is 14.4. The Bertz CT molecular complexity index is 1160. The molecule has 1 aliphatic heterocycles. The van der Waals surface area contributed by atoms with Gasteiger partial charge in [0, 0.05) is 34.5 Å². The molecule has 9 heteroatoms. The second-order valence-electron chi connectivity index (χ2n) is 6.66. The van der Waals surface area contributed by atoms with Gasteiger partial charge in [0.15, 0.2) is 5.65 Å². The number of alkyl halides is 2. The van der Waals surface area contributed by atoms with E-state index in [0.29, 0.717) is 33.5 Å². The second kappa shape index (κ2) is 6.01. The molecular weight excluding hydrogens is 369 g/mol. The van der Waals surface area contributed by atoms with Crippen molar-refractivity contribution in [1.82, 2.24) is 25.1 Å². The van der Waals surface area contributed by atoms with E-state index in [9.17, 15) is 13.2 Å². The van der Waals surface area contributed by atoms with Crippen LogP contribution in [0.15, 0.2) is 49.2 Å². The average molecular weight is 382 g/mol. The molecule has 0 unspecified atom stereocenters. The summed E-state index contributed by atoms with van der Waals surface area (Å²) in [5, 5.41) is 7.56. The Balaban J connectivity index is 1.74. The van der Waals surface area contributed by atoms with Gasteiger partial charge in [-0.3, -0.25) is 5.10 Å². The summed E-state index contributed by atoms with van der Waals surface area (Å²) in [7, 11) is 0. The number of pyridine rings is 1. The molecule has 0 spiro atoms. The van der Waals surface area contributed by atoms with Gasteiger partial charge in [-0.1, -0.05) is 12.1 Å². The summed E-state index contributed by atoms with van der Waals surface area (Å²) in [6.07, 6.45) is 6.19. The first-order valence-corrected chi connectivity index (χ1v) is 8.53. The molecule has 1 aliphatic rings. The Hall–Kier alpha value is -3.49. The smallest absolute Gasteiger partial charge is 0.282 e. The Morgan fingerprint density at radius 2 is 1.75 bits per heavy atom. The summed E-state index contributed by atoms with van der Waals surface area (Å²) in [5.41, 5.74) is 3.28. The largest absolute Gasteiger partial charge is 0.344 e. The lowest BCUT2D eigenvalue weighted by molar-refractivity contribution is -0.0266. The zero-order chi connectivity index (χ0) is 19.3. The predicted molar refractivity (Wildman–Crippen MR) is 97.5 cm³/mol. The maximum Gasteiger partial charge on any atom is 0.282 e. The molecule has 140 valence electrons. The first-order chi connectivity index (χ1) is 13.5. The first kappa shape index (κ1) is 16.7. The van der Waals surface area contributed by atoms with Crippen LogP contribution in [0.25, 0.3) is 33.3 Å². The van der Waals surface area contributed by atoms with E-state index in [0.717, 1.165) is 5.56 Å². The molecular formula is C19H13F3N6. The van der Waals surface area contributed by atoms with Gasteiger partial charge in [0.1, 0.15) is 18.0 Å². The van der Waals surface area contributed by atoms with Gasteiger partial charge < -0.3 is 4.90 Å². The lowest BCUT2D eigenvalue weighted by atomic mass is 9.94. The van der Waals surface area contributed by atoms with Gasteiger partial charge in [-0.15, -0.1) is 0 Å². The van der Waals surface area contributed by atoms with Gasteiger partial charge in [0.2, 0.25) is 0 Å². The van der Waals surface area contributed by atoms with Gasteiger partial charge in [-0.2, -0.15) is 5.10 Å². The van der Waals surface area contributed by atoms with Crippen molar-refractivity contribution < 1.29 is 13.2 Å². The lowest BCUT2D eigenvalue weighted by Gasteiger charge is -2.40. The summed E-state index contributed by atoms with van der Waals surface area (Å²) in [6, 6.07) is 6.00. The molecule has 1 saturated heterocycles. The van der Waals surface area contributed by atoms with Gasteiger partial charge in [0.25, 0.3) is 5.92 Å². The molecule has 0 aliphatic carbocycles. The highest BCUT2D eigenvalue weighted by molar-refractivity contribution is 6.03. The summed E-state index contributed by atoms with van der Waals surface area (Å²) in [4.78, 5) is 14.2. The molecule has 5 rings (SSSR count). The Morgan fingerprint density at radius 3 is 2.50 bits per heavy atom. The Morgan fingerprint density at radius 1 is 0.964 bits per heavy atom. The minimum absolute atomic E-state index is 0.353. The third-order valence-electron chi connectivity index (χ3n) is 4.74. The summed E-state index contributed by atoms with van der Waals surface area (Å²) in [5.74, 6) is -2.67. The van der Waals surface area contributed by atoms with Crippen LogP contribution in [0.3, 0.4) is 0 Å². The van der Waals surface area contributed by atoms with Crippen molar-refractivity contribution in [2.45, 2.75) is 5.92 Å². The second-order valence-corrected chi connectivity index (χ2v) is 6.66. The van der Waals surface area contributed by atoms with E-state index < -0.39 is 19.0 Å². The van der Waals surface area contributed by atoms with Gasteiger partial charge in [0.05, 0.1) is 19.3 Å². The molecule has 1 N–H and O–H groups in total. The van der Waals surface area contributed by atoms with E-state index in [4.69, 9.17) is 0 Å². The van der Waals surface area contributed by atoms with Crippen molar-refractivity contribution in [3.8, 4) is 22.3 Å². The van der Waals surface area contributed by atoms with Crippen molar-refractivity contribution in [1.29, 1.82) is 0 Å². The van der Waals surface area contributed by atoms with Crippen LogP contribution in [-0.2, 0) is 0 Å². The highest BCUT2D eigenvalue weighted by Crippen LogP contribution is 2.42. The van der Waals surface area contributed by atoms with E-state index in [2.05, 4.69) is 25.1 Å². The normalized spacial score (nSPS) is 15.6. The highest BCUT2D eigenvalue weighted by atomic mass is 19.3. The molecule has 0 atom stereocenters. The van der Waals surface area contributed by atoms with Crippen molar-refractivity contribution in [3.63, 3.8) is 0 Å². The number of nitrogens with one attached hydrogen (secondary N) is 1. The fourth-order valence-electron chi connectivity index (χ4n) is 3.45. The number of H-pyrrole nitrogens is 1. The number of halogens is 3. The number of rotatable bonds is 3.